The number of furan rings is 2. The van der Waals surface area contributed by atoms with Crippen molar-refractivity contribution in [1.82, 2.24) is 10.2 Å². The van der Waals surface area contributed by atoms with Crippen molar-refractivity contribution in [1.29, 1.82) is 0 Å². The van der Waals surface area contributed by atoms with E-state index in [1.165, 1.54) is 11.6 Å². The second-order valence-corrected chi connectivity index (χ2v) is 12.1. The lowest BCUT2D eigenvalue weighted by molar-refractivity contribution is -0.137. The molecule has 47 heavy (non-hydrogen) atoms. The smallest absolute Gasteiger partial charge is 0.417 e. The van der Waals surface area contributed by atoms with Gasteiger partial charge in [-0.3, -0.25) is 4.90 Å². The maximum Gasteiger partial charge on any atom is 0.417 e. The summed E-state index contributed by atoms with van der Waals surface area (Å²) in [5, 5.41) is 4.16. The van der Waals surface area contributed by atoms with Crippen molar-refractivity contribution < 1.29 is 22.0 Å². The molecule has 6 aromatic rings. The topological polar surface area (TPSA) is 41.5 Å². The van der Waals surface area contributed by atoms with Crippen LogP contribution in [-0.2, 0) is 32.1 Å². The number of hydrogen-bond acceptors (Lipinski definition) is 4. The summed E-state index contributed by atoms with van der Waals surface area (Å²) in [6.45, 7) is 2.88. The minimum Gasteiger partial charge on any atom is -0.468 e. The van der Waals surface area contributed by atoms with Crippen LogP contribution >= 0.6 is 11.6 Å². The molecule has 2 heterocycles. The molecular formula is C39H36ClF3N2O2. The van der Waals surface area contributed by atoms with Crippen LogP contribution in [0.5, 0.6) is 0 Å². The molecule has 0 amide bonds. The Morgan fingerprint density at radius 3 is 2.19 bits per heavy atom. The van der Waals surface area contributed by atoms with Gasteiger partial charge in [0, 0.05) is 37.4 Å². The van der Waals surface area contributed by atoms with Gasteiger partial charge in [-0.1, -0.05) is 96.5 Å². The Bertz CT molecular complexity index is 1820. The van der Waals surface area contributed by atoms with E-state index in [-0.39, 0.29) is 17.5 Å². The minimum atomic E-state index is -4.53. The molecule has 0 saturated heterocycles. The van der Waals surface area contributed by atoms with Crippen LogP contribution < -0.4 is 5.32 Å². The first kappa shape index (κ1) is 32.6. The summed E-state index contributed by atoms with van der Waals surface area (Å²) >= 11 is 6.39. The highest BCUT2D eigenvalue weighted by Gasteiger charge is 2.34. The number of nitrogens with one attached hydrogen (secondary N) is 1. The molecule has 0 saturated carbocycles. The lowest BCUT2D eigenvalue weighted by atomic mass is 9.90. The molecule has 242 valence electrons. The van der Waals surface area contributed by atoms with Crippen molar-refractivity contribution in [2.45, 2.75) is 38.0 Å². The van der Waals surface area contributed by atoms with Crippen LogP contribution in [0.2, 0.25) is 5.02 Å². The summed E-state index contributed by atoms with van der Waals surface area (Å²) in [4.78, 5) is 2.18. The van der Waals surface area contributed by atoms with Gasteiger partial charge in [0.05, 0.1) is 23.4 Å². The zero-order valence-corrected chi connectivity index (χ0v) is 26.6. The number of benzene rings is 4. The van der Waals surface area contributed by atoms with E-state index in [9.17, 15) is 13.2 Å². The van der Waals surface area contributed by atoms with Crippen molar-refractivity contribution in [2.75, 3.05) is 19.6 Å². The van der Waals surface area contributed by atoms with Gasteiger partial charge in [0.15, 0.2) is 0 Å². The Kier molecular flexibility index (Phi) is 10.5. The van der Waals surface area contributed by atoms with E-state index in [1.54, 1.807) is 12.3 Å². The van der Waals surface area contributed by atoms with Gasteiger partial charge >= 0.3 is 6.18 Å². The maximum absolute atomic E-state index is 13.7. The van der Waals surface area contributed by atoms with Crippen LogP contribution in [0.1, 0.15) is 45.3 Å². The number of alkyl halides is 3. The third kappa shape index (κ3) is 8.55. The second-order valence-electron chi connectivity index (χ2n) is 11.7. The van der Waals surface area contributed by atoms with E-state index in [0.29, 0.717) is 31.6 Å². The normalized spacial score (nSPS) is 12.0. The Labute approximate surface area is 277 Å². The first-order chi connectivity index (χ1) is 22.8. The van der Waals surface area contributed by atoms with Gasteiger partial charge in [0.25, 0.3) is 0 Å². The predicted molar refractivity (Wildman–Crippen MR) is 180 cm³/mol. The number of rotatable bonds is 14. The molecule has 2 aromatic heterocycles. The Morgan fingerprint density at radius 1 is 0.766 bits per heavy atom. The number of halogens is 4. The fourth-order valence-electron chi connectivity index (χ4n) is 5.96. The van der Waals surface area contributed by atoms with E-state index in [1.807, 2.05) is 48.5 Å². The highest BCUT2D eigenvalue weighted by Crippen LogP contribution is 2.37. The first-order valence-electron chi connectivity index (χ1n) is 15.7. The molecular weight excluding hydrogens is 621 g/mol. The average Bonchev–Trinajstić information content (AvgIpc) is 3.75. The molecule has 0 radical (unpaired) electrons. The standard InChI is InChI=1S/C39H36ClF3N2O2/c40-38-32(13-7-15-36(38)39(41,42)43)26-45(27-35(29-9-3-1-4-10-29)30-11-5-2-6-12-30)21-19-33-24-31-17-16-28(23-37(31)47-33)18-20-44-25-34-14-8-22-46-34/h1-17,22-24,35,44H,18-21,25-27H2. The van der Waals surface area contributed by atoms with Crippen LogP contribution in [0.25, 0.3) is 11.0 Å². The van der Waals surface area contributed by atoms with Crippen LogP contribution in [0.15, 0.2) is 130 Å². The molecule has 1 N–H and O–H groups in total. The van der Waals surface area contributed by atoms with Crippen molar-refractivity contribution in [3.8, 4) is 0 Å². The first-order valence-corrected chi connectivity index (χ1v) is 16.1. The van der Waals surface area contributed by atoms with Crippen molar-refractivity contribution in [3.63, 3.8) is 0 Å². The van der Waals surface area contributed by atoms with E-state index >= 15 is 0 Å². The van der Waals surface area contributed by atoms with Crippen molar-refractivity contribution >= 4 is 22.6 Å². The highest BCUT2D eigenvalue weighted by molar-refractivity contribution is 6.32. The molecule has 0 bridgehead atoms. The van der Waals surface area contributed by atoms with E-state index < -0.39 is 11.7 Å². The van der Waals surface area contributed by atoms with Crippen LogP contribution in [0, 0.1) is 0 Å². The van der Waals surface area contributed by atoms with Gasteiger partial charge in [0.2, 0.25) is 0 Å². The molecule has 0 aliphatic rings. The van der Waals surface area contributed by atoms with Gasteiger partial charge in [0.1, 0.15) is 17.1 Å². The zero-order valence-electron chi connectivity index (χ0n) is 25.8. The molecule has 0 aliphatic heterocycles. The third-order valence-electron chi connectivity index (χ3n) is 8.40. The SMILES string of the molecule is FC(F)(F)c1cccc(CN(CCc2cc3ccc(CCNCc4ccco4)cc3o2)CC(c2ccccc2)c2ccccc2)c1Cl. The molecule has 4 nitrogen and oxygen atoms in total. The molecule has 0 atom stereocenters. The number of hydrogen-bond donors (Lipinski definition) is 1. The average molecular weight is 657 g/mol. The fraction of sp³-hybridized carbons (Fsp3) is 0.231. The fourth-order valence-corrected chi connectivity index (χ4v) is 6.26. The summed E-state index contributed by atoms with van der Waals surface area (Å²) in [5.41, 5.74) is 3.88. The Balaban J connectivity index is 1.21. The summed E-state index contributed by atoms with van der Waals surface area (Å²) in [7, 11) is 0. The van der Waals surface area contributed by atoms with E-state index in [4.69, 9.17) is 20.4 Å². The number of nitrogens with zero attached hydrogens (tertiary/aromatic N) is 1. The monoisotopic (exact) mass is 656 g/mol. The van der Waals surface area contributed by atoms with Gasteiger partial charge < -0.3 is 14.2 Å². The lowest BCUT2D eigenvalue weighted by Crippen LogP contribution is -2.31. The van der Waals surface area contributed by atoms with Crippen molar-refractivity contribution in [2.24, 2.45) is 0 Å². The number of fused-ring (bicyclic) bond motifs is 1. The maximum atomic E-state index is 13.7. The minimum absolute atomic E-state index is 0.00148. The van der Waals surface area contributed by atoms with Crippen LogP contribution in [0.4, 0.5) is 13.2 Å². The molecule has 0 fully saturated rings. The van der Waals surface area contributed by atoms with Gasteiger partial charge in [-0.05, 0) is 65.6 Å². The molecule has 0 aliphatic carbocycles. The van der Waals surface area contributed by atoms with Crippen LogP contribution in [-0.4, -0.2) is 24.5 Å². The third-order valence-corrected chi connectivity index (χ3v) is 8.85. The zero-order chi connectivity index (χ0) is 32.6. The molecule has 0 unspecified atom stereocenters. The predicted octanol–water partition coefficient (Wildman–Crippen LogP) is 9.91. The van der Waals surface area contributed by atoms with E-state index in [2.05, 4.69) is 58.7 Å². The quantitative estimate of drug-likeness (QED) is 0.119. The Morgan fingerprint density at radius 2 is 1.51 bits per heavy atom. The molecule has 8 heteroatoms. The van der Waals surface area contributed by atoms with Crippen LogP contribution in [0.3, 0.4) is 0 Å². The highest BCUT2D eigenvalue weighted by atomic mass is 35.5. The summed E-state index contributed by atoms with van der Waals surface area (Å²) in [6.07, 6.45) is -1.43. The van der Waals surface area contributed by atoms with Gasteiger partial charge in [-0.15, -0.1) is 0 Å². The summed E-state index contributed by atoms with van der Waals surface area (Å²) in [6, 6.07) is 36.7. The lowest BCUT2D eigenvalue weighted by Gasteiger charge is -2.29. The molecule has 4 aromatic carbocycles. The molecule has 0 spiro atoms. The largest absolute Gasteiger partial charge is 0.468 e. The second kappa shape index (κ2) is 15.1. The Hall–Kier alpha value is -4.30. The van der Waals surface area contributed by atoms with E-state index in [0.717, 1.165) is 52.6 Å². The molecule has 6 rings (SSSR count). The van der Waals surface area contributed by atoms with Gasteiger partial charge in [-0.25, -0.2) is 0 Å². The van der Waals surface area contributed by atoms with Crippen molar-refractivity contribution in [3.05, 3.63) is 166 Å². The summed E-state index contributed by atoms with van der Waals surface area (Å²) in [5.74, 6) is 1.73. The van der Waals surface area contributed by atoms with Gasteiger partial charge in [-0.2, -0.15) is 13.2 Å². The summed E-state index contributed by atoms with van der Waals surface area (Å²) < 4.78 is 52.9.